The Morgan fingerprint density at radius 2 is 1.85 bits per heavy atom. The summed E-state index contributed by atoms with van der Waals surface area (Å²) in [7, 11) is 0. The second-order valence-corrected chi connectivity index (χ2v) is 9.86. The van der Waals surface area contributed by atoms with Crippen molar-refractivity contribution in [2.45, 2.75) is 71.9 Å². The zero-order chi connectivity index (χ0) is 24.4. The summed E-state index contributed by atoms with van der Waals surface area (Å²) < 4.78 is 1.49. The van der Waals surface area contributed by atoms with E-state index in [4.69, 9.17) is 4.98 Å². The first-order valence-corrected chi connectivity index (χ1v) is 12.2. The first kappa shape index (κ1) is 23.9. The van der Waals surface area contributed by atoms with Crippen LogP contribution in [0.2, 0.25) is 0 Å². The van der Waals surface area contributed by atoms with Crippen LogP contribution in [0.4, 0.5) is 0 Å². The van der Waals surface area contributed by atoms with Gasteiger partial charge in [-0.15, -0.1) is 0 Å². The number of amides is 1. The molecule has 1 N–H and O–H groups in total. The smallest absolute Gasteiger partial charge is 0.330 e. The number of hydrogen-bond acceptors (Lipinski definition) is 5. The molecule has 0 spiro atoms. The number of carbonyl (C=O) groups is 1. The predicted molar refractivity (Wildman–Crippen MR) is 132 cm³/mol. The van der Waals surface area contributed by atoms with Gasteiger partial charge in [0, 0.05) is 31.2 Å². The average Bonchev–Trinajstić information content (AvgIpc) is 3.07. The molecule has 0 aliphatic carbocycles. The molecule has 34 heavy (non-hydrogen) atoms. The summed E-state index contributed by atoms with van der Waals surface area (Å²) in [6, 6.07) is 5.55. The van der Waals surface area contributed by atoms with Crippen LogP contribution < -0.4 is 11.2 Å². The second-order valence-electron chi connectivity index (χ2n) is 9.86. The van der Waals surface area contributed by atoms with Crippen molar-refractivity contribution in [3.05, 3.63) is 68.3 Å². The van der Waals surface area contributed by atoms with Crippen molar-refractivity contribution in [3.8, 4) is 0 Å². The van der Waals surface area contributed by atoms with Gasteiger partial charge in [0.2, 0.25) is 0 Å². The third-order valence-electron chi connectivity index (χ3n) is 6.44. The zero-order valence-corrected chi connectivity index (χ0v) is 20.4. The van der Waals surface area contributed by atoms with Crippen LogP contribution in [0.25, 0.3) is 11.0 Å². The molecule has 8 nitrogen and oxygen atoms in total. The molecule has 1 unspecified atom stereocenters. The van der Waals surface area contributed by atoms with Crippen LogP contribution in [0.3, 0.4) is 0 Å². The predicted octanol–water partition coefficient (Wildman–Crippen LogP) is 4.02. The second kappa shape index (κ2) is 9.91. The van der Waals surface area contributed by atoms with E-state index in [1.165, 1.54) is 4.57 Å². The third kappa shape index (κ3) is 4.67. The molecule has 0 saturated carbocycles. The van der Waals surface area contributed by atoms with Gasteiger partial charge in [0.15, 0.2) is 5.65 Å². The Morgan fingerprint density at radius 3 is 2.53 bits per heavy atom. The van der Waals surface area contributed by atoms with E-state index >= 15 is 0 Å². The van der Waals surface area contributed by atoms with Crippen molar-refractivity contribution >= 4 is 16.9 Å². The van der Waals surface area contributed by atoms with Gasteiger partial charge in [0.05, 0.1) is 17.0 Å². The molecular weight excluding hydrogens is 430 g/mol. The van der Waals surface area contributed by atoms with E-state index < -0.39 is 11.2 Å². The fraction of sp³-hybridized carbons (Fsp3) is 0.500. The number of rotatable bonds is 5. The van der Waals surface area contributed by atoms with E-state index in [0.29, 0.717) is 24.3 Å². The Labute approximate surface area is 199 Å². The van der Waals surface area contributed by atoms with Gasteiger partial charge in [0.25, 0.3) is 11.5 Å². The largest absolute Gasteiger partial charge is 0.332 e. The summed E-state index contributed by atoms with van der Waals surface area (Å²) in [6.45, 7) is 8.99. The molecule has 3 aromatic heterocycles. The maximum Gasteiger partial charge on any atom is 0.330 e. The number of fused-ring (bicyclic) bond motifs is 1. The molecule has 180 valence electrons. The van der Waals surface area contributed by atoms with Crippen LogP contribution in [0.5, 0.6) is 0 Å². The lowest BCUT2D eigenvalue weighted by Gasteiger charge is -2.31. The number of H-pyrrole nitrogens is 1. The van der Waals surface area contributed by atoms with Crippen LogP contribution in [-0.4, -0.2) is 36.9 Å². The minimum Gasteiger partial charge on any atom is -0.332 e. The fourth-order valence-corrected chi connectivity index (χ4v) is 4.73. The van der Waals surface area contributed by atoms with E-state index in [9.17, 15) is 14.4 Å². The summed E-state index contributed by atoms with van der Waals surface area (Å²) in [4.78, 5) is 53.0. The molecule has 1 amide bonds. The van der Waals surface area contributed by atoms with Crippen molar-refractivity contribution in [2.24, 2.45) is 5.92 Å². The average molecular weight is 464 g/mol. The van der Waals surface area contributed by atoms with E-state index in [1.807, 2.05) is 44.7 Å². The Kier molecular flexibility index (Phi) is 6.95. The highest BCUT2D eigenvalue weighted by atomic mass is 16.2. The number of carbonyl (C=O) groups excluding carboxylic acids is 1. The highest BCUT2D eigenvalue weighted by Crippen LogP contribution is 2.32. The highest BCUT2D eigenvalue weighted by Gasteiger charge is 2.30. The molecule has 4 rings (SSSR count). The van der Waals surface area contributed by atoms with E-state index in [1.54, 1.807) is 18.5 Å². The van der Waals surface area contributed by atoms with Crippen molar-refractivity contribution in [1.29, 1.82) is 0 Å². The Bertz CT molecular complexity index is 1290. The van der Waals surface area contributed by atoms with E-state index in [-0.39, 0.29) is 34.8 Å². The molecule has 3 aromatic rings. The van der Waals surface area contributed by atoms with Crippen molar-refractivity contribution in [3.63, 3.8) is 0 Å². The number of pyridine rings is 2. The Morgan fingerprint density at radius 1 is 1.12 bits per heavy atom. The van der Waals surface area contributed by atoms with Gasteiger partial charge in [-0.25, -0.2) is 9.78 Å². The lowest BCUT2D eigenvalue weighted by Crippen LogP contribution is -2.37. The molecule has 1 saturated heterocycles. The van der Waals surface area contributed by atoms with Crippen LogP contribution >= 0.6 is 0 Å². The van der Waals surface area contributed by atoms with Crippen molar-refractivity contribution in [2.75, 3.05) is 6.54 Å². The van der Waals surface area contributed by atoms with Crippen LogP contribution in [0.1, 0.15) is 87.0 Å². The van der Waals surface area contributed by atoms with Crippen LogP contribution in [0.15, 0.2) is 40.2 Å². The molecule has 0 aromatic carbocycles. The number of nitrogens with one attached hydrogen (secondary N) is 1. The summed E-state index contributed by atoms with van der Waals surface area (Å²) in [5.74, 6) is -0.00615. The number of likely N-dealkylation sites (tertiary alicyclic amines) is 1. The van der Waals surface area contributed by atoms with Crippen molar-refractivity contribution < 1.29 is 4.79 Å². The summed E-state index contributed by atoms with van der Waals surface area (Å²) in [5.41, 5.74) is 1.26. The monoisotopic (exact) mass is 463 g/mol. The molecule has 1 aliphatic heterocycles. The van der Waals surface area contributed by atoms with Gasteiger partial charge in [-0.1, -0.05) is 40.5 Å². The van der Waals surface area contributed by atoms with Crippen LogP contribution in [0, 0.1) is 5.92 Å². The summed E-state index contributed by atoms with van der Waals surface area (Å²) >= 11 is 0. The Hall–Kier alpha value is -3.29. The zero-order valence-electron chi connectivity index (χ0n) is 20.4. The maximum atomic E-state index is 14.1. The molecule has 4 heterocycles. The minimum absolute atomic E-state index is 0.0259. The first-order chi connectivity index (χ1) is 16.3. The number of aromatic amines is 1. The molecule has 1 fully saturated rings. The minimum atomic E-state index is -0.568. The van der Waals surface area contributed by atoms with Gasteiger partial charge in [0.1, 0.15) is 0 Å². The number of hydrogen-bond donors (Lipinski definition) is 1. The molecule has 8 heteroatoms. The normalized spacial score (nSPS) is 16.9. The van der Waals surface area contributed by atoms with Crippen molar-refractivity contribution in [1.82, 2.24) is 24.4 Å². The lowest BCUT2D eigenvalue weighted by molar-refractivity contribution is 0.0682. The standard InChI is InChI=1S/C26H33N5O3/c1-16(2)15-31-23-22(24(32)29-26(31)34)19(14-20(28-23)17(3)4)25(33)30-13-7-5-6-8-21(30)18-9-11-27-12-10-18/h9-12,14,16-17,21H,5-8,13,15H2,1-4H3,(H,29,32,34). The number of nitrogens with zero attached hydrogens (tertiary/aromatic N) is 4. The van der Waals surface area contributed by atoms with Gasteiger partial charge in [-0.2, -0.15) is 0 Å². The first-order valence-electron chi connectivity index (χ1n) is 12.2. The quantitative estimate of drug-likeness (QED) is 0.616. The van der Waals surface area contributed by atoms with Gasteiger partial charge < -0.3 is 4.90 Å². The van der Waals surface area contributed by atoms with E-state index in [2.05, 4.69) is 9.97 Å². The molecule has 0 radical (unpaired) electrons. The fourth-order valence-electron chi connectivity index (χ4n) is 4.73. The molecular formula is C26H33N5O3. The van der Waals surface area contributed by atoms with Gasteiger partial charge in [-0.05, 0) is 48.4 Å². The molecule has 1 atom stereocenters. The summed E-state index contributed by atoms with van der Waals surface area (Å²) in [6.07, 6.45) is 7.33. The van der Waals surface area contributed by atoms with Crippen LogP contribution in [-0.2, 0) is 6.54 Å². The number of aromatic nitrogens is 4. The summed E-state index contributed by atoms with van der Waals surface area (Å²) in [5, 5.41) is 0.187. The maximum absolute atomic E-state index is 14.1. The molecule has 0 bridgehead atoms. The topological polar surface area (TPSA) is 101 Å². The highest BCUT2D eigenvalue weighted by molar-refractivity contribution is 6.05. The van der Waals surface area contributed by atoms with E-state index in [0.717, 1.165) is 31.2 Å². The third-order valence-corrected chi connectivity index (χ3v) is 6.44. The van der Waals surface area contributed by atoms with Gasteiger partial charge >= 0.3 is 5.69 Å². The van der Waals surface area contributed by atoms with Gasteiger partial charge in [-0.3, -0.25) is 24.1 Å². The SMILES string of the molecule is CC(C)Cn1c(=O)[nH]c(=O)c2c(C(=O)N3CCCCCC3c3ccncc3)cc(C(C)C)nc21. The lowest BCUT2D eigenvalue weighted by atomic mass is 9.99. The molecule has 1 aliphatic rings. The Balaban J connectivity index is 1.94.